The van der Waals surface area contributed by atoms with Gasteiger partial charge in [0.2, 0.25) is 0 Å². The highest BCUT2D eigenvalue weighted by molar-refractivity contribution is 7.94. The molecule has 1 aliphatic heterocycles. The number of hydrogen-bond donors (Lipinski definition) is 1. The molecule has 0 aromatic heterocycles. The van der Waals surface area contributed by atoms with Gasteiger partial charge in [0.1, 0.15) is 5.76 Å². The monoisotopic (exact) mass is 344 g/mol. The summed E-state index contributed by atoms with van der Waals surface area (Å²) in [6.07, 6.45) is 8.73. The van der Waals surface area contributed by atoms with Crippen LogP contribution < -0.4 is 10.2 Å². The molecular formula is C19H24N2O2S. The zero-order chi connectivity index (χ0) is 17.8. The third-order valence-corrected chi connectivity index (χ3v) is 3.66. The number of nitrogens with one attached hydrogen (secondary N) is 1. The molecule has 0 radical (unpaired) electrons. The van der Waals surface area contributed by atoms with Crippen LogP contribution in [0.5, 0.6) is 0 Å². The summed E-state index contributed by atoms with van der Waals surface area (Å²) < 4.78 is 5.64. The SMILES string of the molecule is C=C/C=C\C(=C/C=C)OSc1ccc(N2CCNC2=O)cc1.CC. The van der Waals surface area contributed by atoms with E-state index in [1.54, 1.807) is 29.2 Å². The molecule has 1 aromatic rings. The van der Waals surface area contributed by atoms with Crippen LogP contribution in [-0.2, 0) is 4.18 Å². The molecule has 1 saturated heterocycles. The van der Waals surface area contributed by atoms with Gasteiger partial charge in [0.25, 0.3) is 0 Å². The Morgan fingerprint density at radius 1 is 1.25 bits per heavy atom. The van der Waals surface area contributed by atoms with Gasteiger partial charge in [-0.15, -0.1) is 0 Å². The number of amides is 2. The molecular weight excluding hydrogens is 320 g/mol. The van der Waals surface area contributed by atoms with Crippen LogP contribution in [0.1, 0.15) is 13.8 Å². The molecule has 1 aromatic carbocycles. The smallest absolute Gasteiger partial charge is 0.321 e. The number of carbonyl (C=O) groups excluding carboxylic acids is 1. The van der Waals surface area contributed by atoms with Crippen LogP contribution in [-0.4, -0.2) is 19.1 Å². The number of allylic oxidation sites excluding steroid dienone is 5. The molecule has 1 N–H and O–H groups in total. The maximum absolute atomic E-state index is 11.6. The zero-order valence-corrected chi connectivity index (χ0v) is 15.0. The minimum Gasteiger partial charge on any atom is -0.421 e. The Bertz CT molecular complexity index is 606. The summed E-state index contributed by atoms with van der Waals surface area (Å²) in [5, 5.41) is 2.78. The van der Waals surface area contributed by atoms with E-state index in [0.29, 0.717) is 18.8 Å². The molecule has 1 fully saturated rings. The zero-order valence-electron chi connectivity index (χ0n) is 14.2. The molecule has 1 aliphatic rings. The number of hydrogen-bond acceptors (Lipinski definition) is 3. The van der Waals surface area contributed by atoms with Crippen molar-refractivity contribution >= 4 is 23.8 Å². The second-order valence-corrected chi connectivity index (χ2v) is 5.25. The highest BCUT2D eigenvalue weighted by atomic mass is 32.2. The Morgan fingerprint density at radius 3 is 2.50 bits per heavy atom. The molecule has 5 heteroatoms. The molecule has 0 unspecified atom stereocenters. The largest absolute Gasteiger partial charge is 0.421 e. The van der Waals surface area contributed by atoms with Gasteiger partial charge in [0, 0.05) is 23.7 Å². The number of rotatable bonds is 7. The van der Waals surface area contributed by atoms with Crippen molar-refractivity contribution in [1.82, 2.24) is 5.32 Å². The maximum Gasteiger partial charge on any atom is 0.321 e. The molecule has 2 rings (SSSR count). The normalized spacial score (nSPS) is 14.0. The lowest BCUT2D eigenvalue weighted by Gasteiger charge is -2.14. The highest BCUT2D eigenvalue weighted by Gasteiger charge is 2.20. The summed E-state index contributed by atoms with van der Waals surface area (Å²) in [6, 6.07) is 7.62. The fourth-order valence-corrected chi connectivity index (χ4v) is 2.44. The lowest BCUT2D eigenvalue weighted by Crippen LogP contribution is -2.27. The molecule has 1 heterocycles. The molecule has 24 heavy (non-hydrogen) atoms. The van der Waals surface area contributed by atoms with Crippen molar-refractivity contribution < 1.29 is 8.98 Å². The lowest BCUT2D eigenvalue weighted by molar-refractivity contribution is 0.252. The van der Waals surface area contributed by atoms with Crippen molar-refractivity contribution in [2.24, 2.45) is 0 Å². The Balaban J connectivity index is 0.00000139. The van der Waals surface area contributed by atoms with Crippen LogP contribution in [0.3, 0.4) is 0 Å². The standard InChI is InChI=1S/C17H18N2O2S.C2H6/c1-3-5-7-15(6-4-2)21-22-16-10-8-14(9-11-16)19-13-12-18-17(19)20;1-2/h3-11H,1-2,12-13H2,(H,18,20);1-2H3/b7-5-,15-6+;. The summed E-state index contributed by atoms with van der Waals surface area (Å²) >= 11 is 1.25. The van der Waals surface area contributed by atoms with E-state index in [4.69, 9.17) is 4.18 Å². The molecule has 0 aliphatic carbocycles. The van der Waals surface area contributed by atoms with Crippen LogP contribution in [0.25, 0.3) is 0 Å². The van der Waals surface area contributed by atoms with Crippen molar-refractivity contribution in [3.8, 4) is 0 Å². The lowest BCUT2D eigenvalue weighted by atomic mass is 10.3. The van der Waals surface area contributed by atoms with Gasteiger partial charge in [-0.25, -0.2) is 4.79 Å². The average molecular weight is 344 g/mol. The van der Waals surface area contributed by atoms with E-state index in [-0.39, 0.29) is 6.03 Å². The van der Waals surface area contributed by atoms with Gasteiger partial charge in [-0.2, -0.15) is 0 Å². The number of urea groups is 1. The maximum atomic E-state index is 11.6. The minimum atomic E-state index is -0.0533. The minimum absolute atomic E-state index is 0.0533. The second-order valence-electron chi connectivity index (χ2n) is 4.44. The van der Waals surface area contributed by atoms with Crippen molar-refractivity contribution in [3.05, 3.63) is 73.6 Å². The first kappa shape index (κ1) is 19.6. The summed E-state index contributed by atoms with van der Waals surface area (Å²) in [7, 11) is 0. The number of anilines is 1. The van der Waals surface area contributed by atoms with Crippen LogP contribution in [0.2, 0.25) is 0 Å². The average Bonchev–Trinajstić information content (AvgIpc) is 3.05. The molecule has 0 spiro atoms. The summed E-state index contributed by atoms with van der Waals surface area (Å²) in [5.74, 6) is 0.683. The fraction of sp³-hybridized carbons (Fsp3) is 0.211. The van der Waals surface area contributed by atoms with Gasteiger partial charge in [-0.3, -0.25) is 4.90 Å². The fourth-order valence-electron chi connectivity index (χ4n) is 1.89. The molecule has 0 atom stereocenters. The Morgan fingerprint density at radius 2 is 1.96 bits per heavy atom. The van der Waals surface area contributed by atoms with E-state index in [2.05, 4.69) is 18.5 Å². The van der Waals surface area contributed by atoms with Crippen LogP contribution >= 0.6 is 12.0 Å². The molecule has 0 bridgehead atoms. The molecule has 2 amide bonds. The first-order valence-corrected chi connectivity index (χ1v) is 8.60. The number of carbonyl (C=O) groups is 1. The van der Waals surface area contributed by atoms with Crippen molar-refractivity contribution in [2.45, 2.75) is 18.7 Å². The molecule has 128 valence electrons. The third-order valence-electron chi connectivity index (χ3n) is 2.92. The number of benzene rings is 1. The predicted molar refractivity (Wildman–Crippen MR) is 103 cm³/mol. The van der Waals surface area contributed by atoms with Crippen LogP contribution in [0, 0.1) is 0 Å². The third kappa shape index (κ3) is 6.01. The summed E-state index contributed by atoms with van der Waals surface area (Å²) in [6.45, 7) is 12.7. The van der Waals surface area contributed by atoms with E-state index in [1.165, 1.54) is 12.0 Å². The number of nitrogens with zero attached hydrogens (tertiary/aromatic N) is 1. The van der Waals surface area contributed by atoms with Crippen LogP contribution in [0.15, 0.2) is 78.5 Å². The van der Waals surface area contributed by atoms with E-state index in [0.717, 1.165) is 10.6 Å². The van der Waals surface area contributed by atoms with Gasteiger partial charge in [-0.05, 0) is 36.4 Å². The first-order valence-electron chi connectivity index (χ1n) is 7.86. The van der Waals surface area contributed by atoms with E-state index < -0.39 is 0 Å². The predicted octanol–water partition coefficient (Wildman–Crippen LogP) is 5.08. The first-order chi connectivity index (χ1) is 11.7. The highest BCUT2D eigenvalue weighted by Crippen LogP contribution is 2.26. The van der Waals surface area contributed by atoms with Gasteiger partial charge in [-0.1, -0.05) is 45.2 Å². The van der Waals surface area contributed by atoms with E-state index in [1.807, 2.05) is 44.2 Å². The van der Waals surface area contributed by atoms with Gasteiger partial charge in [0.15, 0.2) is 0 Å². The van der Waals surface area contributed by atoms with Crippen molar-refractivity contribution in [3.63, 3.8) is 0 Å². The van der Waals surface area contributed by atoms with Crippen molar-refractivity contribution in [1.29, 1.82) is 0 Å². The van der Waals surface area contributed by atoms with Crippen LogP contribution in [0.4, 0.5) is 10.5 Å². The quantitative estimate of drug-likeness (QED) is 0.426. The Hall–Kier alpha value is -2.40. The summed E-state index contributed by atoms with van der Waals surface area (Å²) in [4.78, 5) is 14.3. The Kier molecular flexibility index (Phi) is 9.16. The van der Waals surface area contributed by atoms with E-state index >= 15 is 0 Å². The van der Waals surface area contributed by atoms with Gasteiger partial charge < -0.3 is 9.50 Å². The van der Waals surface area contributed by atoms with Gasteiger partial charge in [0.05, 0.1) is 12.0 Å². The summed E-state index contributed by atoms with van der Waals surface area (Å²) in [5.41, 5.74) is 0.882. The van der Waals surface area contributed by atoms with E-state index in [9.17, 15) is 4.79 Å². The molecule has 0 saturated carbocycles. The topological polar surface area (TPSA) is 41.6 Å². The Labute approximate surface area is 148 Å². The second kappa shape index (κ2) is 11.2. The molecule has 4 nitrogen and oxygen atoms in total. The van der Waals surface area contributed by atoms with Crippen molar-refractivity contribution in [2.75, 3.05) is 18.0 Å². The van der Waals surface area contributed by atoms with Gasteiger partial charge >= 0.3 is 6.03 Å².